The Morgan fingerprint density at radius 1 is 0.969 bits per heavy atom. The van der Waals surface area contributed by atoms with Gasteiger partial charge in [-0.25, -0.2) is 0 Å². The number of morpholine rings is 1. The van der Waals surface area contributed by atoms with E-state index in [2.05, 4.69) is 44.8 Å². The zero-order chi connectivity index (χ0) is 21.8. The standard InChI is InChI=1S/C24H31N3O4S/c28-23(25-7-10-26-11-13-29-14-12-26)22-17-20(18-32-22)19-1-3-21(4-2-19)27-8-5-24(6-9-27)30-15-16-31-24/h1-4,17-18H,5-16H2,(H,25,28). The second kappa shape index (κ2) is 9.89. The molecule has 5 rings (SSSR count). The molecule has 0 bridgehead atoms. The van der Waals surface area contributed by atoms with Crippen LogP contribution in [0.25, 0.3) is 11.1 Å². The number of carbonyl (C=O) groups is 1. The van der Waals surface area contributed by atoms with E-state index >= 15 is 0 Å². The van der Waals surface area contributed by atoms with Crippen LogP contribution in [0.3, 0.4) is 0 Å². The topological polar surface area (TPSA) is 63.3 Å². The lowest BCUT2D eigenvalue weighted by molar-refractivity contribution is -0.169. The minimum Gasteiger partial charge on any atom is -0.379 e. The lowest BCUT2D eigenvalue weighted by Crippen LogP contribution is -2.45. The van der Waals surface area contributed by atoms with Crippen LogP contribution >= 0.6 is 11.3 Å². The highest BCUT2D eigenvalue weighted by atomic mass is 32.1. The number of amides is 1. The minimum atomic E-state index is -0.341. The van der Waals surface area contributed by atoms with E-state index in [1.165, 1.54) is 17.0 Å². The summed E-state index contributed by atoms with van der Waals surface area (Å²) in [5, 5.41) is 5.11. The Bertz CT molecular complexity index is 894. The number of nitrogens with one attached hydrogen (secondary N) is 1. The minimum absolute atomic E-state index is 0.00438. The van der Waals surface area contributed by atoms with Crippen LogP contribution in [-0.4, -0.2) is 82.3 Å². The maximum Gasteiger partial charge on any atom is 0.261 e. The average Bonchev–Trinajstić information content (AvgIpc) is 3.51. The number of rotatable bonds is 6. The van der Waals surface area contributed by atoms with Crippen LogP contribution in [0, 0.1) is 0 Å². The molecule has 0 atom stereocenters. The number of ether oxygens (including phenoxy) is 3. The normalized spacial score (nSPS) is 21.2. The lowest BCUT2D eigenvalue weighted by Gasteiger charge is -2.38. The molecule has 3 aliphatic heterocycles. The van der Waals surface area contributed by atoms with Crippen LogP contribution in [0.2, 0.25) is 0 Å². The average molecular weight is 458 g/mol. The summed E-state index contributed by atoms with van der Waals surface area (Å²) < 4.78 is 17.0. The first-order valence-electron chi connectivity index (χ1n) is 11.5. The predicted molar refractivity (Wildman–Crippen MR) is 125 cm³/mol. The van der Waals surface area contributed by atoms with Crippen molar-refractivity contribution in [1.82, 2.24) is 10.2 Å². The van der Waals surface area contributed by atoms with Crippen LogP contribution in [0.1, 0.15) is 22.5 Å². The van der Waals surface area contributed by atoms with Gasteiger partial charge in [0.15, 0.2) is 5.79 Å². The van der Waals surface area contributed by atoms with Crippen LogP contribution in [0.4, 0.5) is 5.69 Å². The summed E-state index contributed by atoms with van der Waals surface area (Å²) in [6.07, 6.45) is 1.81. The first-order chi connectivity index (χ1) is 15.7. The fourth-order valence-electron chi connectivity index (χ4n) is 4.60. The maximum absolute atomic E-state index is 12.5. The van der Waals surface area contributed by atoms with Crippen molar-refractivity contribution in [2.75, 3.05) is 70.6 Å². The Hall–Kier alpha value is -1.97. The van der Waals surface area contributed by atoms with Crippen LogP contribution < -0.4 is 10.2 Å². The summed E-state index contributed by atoms with van der Waals surface area (Å²) in [6.45, 7) is 8.26. The molecule has 1 N–H and O–H groups in total. The largest absolute Gasteiger partial charge is 0.379 e. The summed E-state index contributed by atoms with van der Waals surface area (Å²) in [5.74, 6) is -0.337. The molecule has 7 nitrogen and oxygen atoms in total. The highest BCUT2D eigenvalue weighted by molar-refractivity contribution is 7.12. The zero-order valence-corrected chi connectivity index (χ0v) is 19.2. The Kier molecular flexibility index (Phi) is 6.75. The van der Waals surface area contributed by atoms with Crippen molar-refractivity contribution in [3.8, 4) is 11.1 Å². The molecule has 8 heteroatoms. The Morgan fingerprint density at radius 2 is 1.69 bits per heavy atom. The number of anilines is 1. The molecule has 0 radical (unpaired) electrons. The van der Waals surface area contributed by atoms with E-state index in [1.54, 1.807) is 0 Å². The molecular weight excluding hydrogens is 426 g/mol. The Morgan fingerprint density at radius 3 is 2.41 bits per heavy atom. The third-order valence-corrected chi connectivity index (χ3v) is 7.47. The van der Waals surface area contributed by atoms with Crippen LogP contribution in [-0.2, 0) is 14.2 Å². The molecule has 1 spiro atoms. The van der Waals surface area contributed by atoms with Gasteiger partial charge in [-0.2, -0.15) is 0 Å². The van der Waals surface area contributed by atoms with Crippen LogP contribution in [0.5, 0.6) is 0 Å². The molecule has 3 aliphatic rings. The summed E-state index contributed by atoms with van der Waals surface area (Å²) >= 11 is 1.50. The molecule has 3 saturated heterocycles. The van der Waals surface area contributed by atoms with Crippen molar-refractivity contribution in [3.05, 3.63) is 40.6 Å². The van der Waals surface area contributed by atoms with E-state index in [4.69, 9.17) is 14.2 Å². The molecule has 4 heterocycles. The Balaban J connectivity index is 1.13. The van der Waals surface area contributed by atoms with E-state index in [-0.39, 0.29) is 11.7 Å². The van der Waals surface area contributed by atoms with Gasteiger partial charge in [0.1, 0.15) is 0 Å². The van der Waals surface area contributed by atoms with Gasteiger partial charge in [-0.1, -0.05) is 12.1 Å². The van der Waals surface area contributed by atoms with Gasteiger partial charge in [-0.05, 0) is 34.7 Å². The molecule has 172 valence electrons. The molecule has 0 saturated carbocycles. The number of benzene rings is 1. The molecular formula is C24H31N3O4S. The second-order valence-corrected chi connectivity index (χ2v) is 9.46. The maximum atomic E-state index is 12.5. The van der Waals surface area contributed by atoms with E-state index in [1.807, 2.05) is 6.07 Å². The first kappa shape index (κ1) is 21.9. The van der Waals surface area contributed by atoms with Crippen molar-refractivity contribution in [1.29, 1.82) is 0 Å². The van der Waals surface area contributed by atoms with Crippen molar-refractivity contribution >= 4 is 22.9 Å². The molecule has 1 amide bonds. The van der Waals surface area contributed by atoms with Crippen molar-refractivity contribution in [2.45, 2.75) is 18.6 Å². The van der Waals surface area contributed by atoms with E-state index in [9.17, 15) is 4.79 Å². The van der Waals surface area contributed by atoms with Gasteiger partial charge in [0.2, 0.25) is 0 Å². The van der Waals surface area contributed by atoms with E-state index < -0.39 is 0 Å². The zero-order valence-electron chi connectivity index (χ0n) is 18.4. The quantitative estimate of drug-likeness (QED) is 0.720. The van der Waals surface area contributed by atoms with Crippen molar-refractivity contribution in [2.24, 2.45) is 0 Å². The third-order valence-electron chi connectivity index (χ3n) is 6.55. The molecule has 1 aromatic heterocycles. The summed E-state index contributed by atoms with van der Waals surface area (Å²) in [4.78, 5) is 18.0. The monoisotopic (exact) mass is 457 g/mol. The number of hydrogen-bond donors (Lipinski definition) is 1. The highest BCUT2D eigenvalue weighted by Crippen LogP contribution is 2.34. The fraction of sp³-hybridized carbons (Fsp3) is 0.542. The molecule has 0 aliphatic carbocycles. The predicted octanol–water partition coefficient (Wildman–Crippen LogP) is 2.82. The summed E-state index contributed by atoms with van der Waals surface area (Å²) in [6, 6.07) is 10.6. The summed E-state index contributed by atoms with van der Waals surface area (Å²) in [5.41, 5.74) is 3.44. The van der Waals surface area contributed by atoms with Gasteiger partial charge in [0, 0.05) is 57.8 Å². The fourth-order valence-corrected chi connectivity index (χ4v) is 5.43. The molecule has 0 unspecified atom stereocenters. The number of carbonyl (C=O) groups excluding carboxylic acids is 1. The number of nitrogens with zero attached hydrogens (tertiary/aromatic N) is 2. The van der Waals surface area contributed by atoms with Gasteiger partial charge in [-0.3, -0.25) is 9.69 Å². The van der Waals surface area contributed by atoms with Gasteiger partial charge in [0.05, 0.1) is 31.3 Å². The number of piperidine rings is 1. The number of hydrogen-bond acceptors (Lipinski definition) is 7. The highest BCUT2D eigenvalue weighted by Gasteiger charge is 2.39. The number of thiophene rings is 1. The second-order valence-electron chi connectivity index (χ2n) is 8.55. The van der Waals surface area contributed by atoms with Crippen LogP contribution in [0.15, 0.2) is 35.7 Å². The van der Waals surface area contributed by atoms with Gasteiger partial charge in [-0.15, -0.1) is 11.3 Å². The molecule has 1 aromatic carbocycles. The van der Waals surface area contributed by atoms with E-state index in [0.717, 1.165) is 74.8 Å². The third kappa shape index (κ3) is 5.00. The molecule has 3 fully saturated rings. The van der Waals surface area contributed by atoms with Gasteiger partial charge in [0.25, 0.3) is 5.91 Å². The smallest absolute Gasteiger partial charge is 0.261 e. The Labute approximate surface area is 193 Å². The van der Waals surface area contributed by atoms with Gasteiger partial charge < -0.3 is 24.4 Å². The summed E-state index contributed by atoms with van der Waals surface area (Å²) in [7, 11) is 0. The van der Waals surface area contributed by atoms with Crippen molar-refractivity contribution < 1.29 is 19.0 Å². The first-order valence-corrected chi connectivity index (χ1v) is 12.4. The SMILES string of the molecule is O=C(NCCN1CCOCC1)c1cc(-c2ccc(N3CCC4(CC3)OCCO4)cc2)cs1. The van der Waals surface area contributed by atoms with Gasteiger partial charge >= 0.3 is 0 Å². The van der Waals surface area contributed by atoms with E-state index in [0.29, 0.717) is 19.8 Å². The van der Waals surface area contributed by atoms with Crippen molar-refractivity contribution in [3.63, 3.8) is 0 Å². The molecule has 32 heavy (non-hydrogen) atoms. The lowest BCUT2D eigenvalue weighted by atomic mass is 10.0. The molecule has 2 aromatic rings.